The van der Waals surface area contributed by atoms with E-state index in [9.17, 15) is 0 Å². The third kappa shape index (κ3) is 1.28. The van der Waals surface area contributed by atoms with E-state index >= 15 is 0 Å². The number of hydrogen-bond donors (Lipinski definition) is 0. The summed E-state index contributed by atoms with van der Waals surface area (Å²) in [4.78, 5) is 4.24. The summed E-state index contributed by atoms with van der Waals surface area (Å²) in [7, 11) is 0. The van der Waals surface area contributed by atoms with Crippen molar-refractivity contribution >= 4 is 22.5 Å². The van der Waals surface area contributed by atoms with Gasteiger partial charge in [-0.3, -0.25) is 4.98 Å². The molecule has 0 N–H and O–H groups in total. The van der Waals surface area contributed by atoms with E-state index < -0.39 is 0 Å². The van der Waals surface area contributed by atoms with Crippen molar-refractivity contribution in [3.8, 4) is 0 Å². The van der Waals surface area contributed by atoms with E-state index in [0.717, 1.165) is 16.5 Å². The summed E-state index contributed by atoms with van der Waals surface area (Å²) < 4.78 is 0. The number of halogens is 1. The van der Waals surface area contributed by atoms with Crippen LogP contribution in [0, 0.1) is 5.88 Å². The van der Waals surface area contributed by atoms with Crippen LogP contribution < -0.4 is 0 Å². The van der Waals surface area contributed by atoms with Crippen LogP contribution in [-0.4, -0.2) is 4.98 Å². The summed E-state index contributed by atoms with van der Waals surface area (Å²) >= 11 is 5.56. The van der Waals surface area contributed by atoms with Crippen LogP contribution in [0.3, 0.4) is 0 Å². The molecule has 0 saturated carbocycles. The molecule has 0 amide bonds. The molecule has 0 bridgehead atoms. The molecule has 0 atom stereocenters. The molecule has 0 saturated heterocycles. The smallest absolute Gasteiger partial charge is 0.0805 e. The zero-order valence-electron chi connectivity index (χ0n) is 6.37. The van der Waals surface area contributed by atoms with Gasteiger partial charge in [-0.15, -0.1) is 11.6 Å². The molecule has 1 aromatic heterocycles. The lowest BCUT2D eigenvalue weighted by atomic mass is 10.2. The van der Waals surface area contributed by atoms with Gasteiger partial charge >= 0.3 is 0 Å². The Hall–Kier alpha value is -1.08. The highest BCUT2D eigenvalue weighted by molar-refractivity contribution is 6.25. The number of para-hydroxylation sites is 1. The SMILES string of the molecule is Cl[CH]c1cnc2ccccc2c1. The van der Waals surface area contributed by atoms with Gasteiger partial charge in [-0.05, 0) is 17.7 Å². The second kappa shape index (κ2) is 3.11. The van der Waals surface area contributed by atoms with Gasteiger partial charge in [-0.1, -0.05) is 18.2 Å². The van der Waals surface area contributed by atoms with Crippen molar-refractivity contribution in [2.24, 2.45) is 0 Å². The molecule has 0 spiro atoms. The Morgan fingerprint density at radius 3 is 2.92 bits per heavy atom. The first-order valence-electron chi connectivity index (χ1n) is 3.68. The summed E-state index contributed by atoms with van der Waals surface area (Å²) in [6.07, 6.45) is 1.76. The Labute approximate surface area is 76.0 Å². The Kier molecular flexibility index (Phi) is 1.96. The quantitative estimate of drug-likeness (QED) is 0.651. The van der Waals surface area contributed by atoms with Crippen molar-refractivity contribution in [2.45, 2.75) is 0 Å². The molecule has 1 radical (unpaired) electrons. The molecule has 1 nitrogen and oxygen atoms in total. The summed E-state index contributed by atoms with van der Waals surface area (Å²) in [6.45, 7) is 0. The summed E-state index contributed by atoms with van der Waals surface area (Å²) in [5.74, 6) is 1.53. The Morgan fingerprint density at radius 1 is 1.25 bits per heavy atom. The normalized spacial score (nSPS) is 10.4. The first-order valence-corrected chi connectivity index (χ1v) is 4.12. The maximum atomic E-state index is 5.56. The number of nitrogens with zero attached hydrogens (tertiary/aromatic N) is 1. The maximum absolute atomic E-state index is 5.56. The van der Waals surface area contributed by atoms with Crippen molar-refractivity contribution in [1.29, 1.82) is 0 Å². The zero-order chi connectivity index (χ0) is 8.39. The predicted molar refractivity (Wildman–Crippen MR) is 51.0 cm³/mol. The molecule has 12 heavy (non-hydrogen) atoms. The van der Waals surface area contributed by atoms with Crippen molar-refractivity contribution in [1.82, 2.24) is 4.98 Å². The number of hydrogen-bond acceptors (Lipinski definition) is 1. The molecule has 0 aliphatic rings. The van der Waals surface area contributed by atoms with Crippen LogP contribution >= 0.6 is 11.6 Å². The van der Waals surface area contributed by atoms with Gasteiger partial charge in [0.2, 0.25) is 0 Å². The van der Waals surface area contributed by atoms with E-state index in [2.05, 4.69) is 4.98 Å². The first kappa shape index (κ1) is 7.56. The largest absolute Gasteiger partial charge is 0.256 e. The fourth-order valence-corrected chi connectivity index (χ4v) is 1.27. The van der Waals surface area contributed by atoms with Crippen LogP contribution in [0.1, 0.15) is 5.56 Å². The van der Waals surface area contributed by atoms with Crippen molar-refractivity contribution in [2.75, 3.05) is 0 Å². The monoisotopic (exact) mass is 176 g/mol. The van der Waals surface area contributed by atoms with Crippen molar-refractivity contribution in [3.05, 3.63) is 48.0 Å². The molecule has 1 heterocycles. The van der Waals surface area contributed by atoms with Crippen LogP contribution in [0.25, 0.3) is 10.9 Å². The number of aromatic nitrogens is 1. The average Bonchev–Trinajstić information content (AvgIpc) is 2.17. The van der Waals surface area contributed by atoms with Crippen LogP contribution in [0.15, 0.2) is 36.5 Å². The highest BCUT2D eigenvalue weighted by Crippen LogP contribution is 2.14. The minimum absolute atomic E-state index is 0.940. The minimum atomic E-state index is 0.940. The van der Waals surface area contributed by atoms with Gasteiger partial charge in [0, 0.05) is 11.6 Å². The topological polar surface area (TPSA) is 12.9 Å². The molecule has 0 unspecified atom stereocenters. The number of pyridine rings is 1. The molecule has 2 rings (SSSR count). The van der Waals surface area contributed by atoms with Gasteiger partial charge in [0.15, 0.2) is 0 Å². The molecule has 0 aliphatic carbocycles. The van der Waals surface area contributed by atoms with Crippen LogP contribution in [-0.2, 0) is 0 Å². The van der Waals surface area contributed by atoms with Crippen molar-refractivity contribution < 1.29 is 0 Å². The molecule has 0 aliphatic heterocycles. The minimum Gasteiger partial charge on any atom is -0.256 e. The third-order valence-electron chi connectivity index (χ3n) is 1.74. The van der Waals surface area contributed by atoms with E-state index in [-0.39, 0.29) is 0 Å². The molecule has 2 heteroatoms. The molecule has 0 fully saturated rings. The number of benzene rings is 1. The fourth-order valence-electron chi connectivity index (χ4n) is 1.15. The Morgan fingerprint density at radius 2 is 2.08 bits per heavy atom. The molecular formula is C10H7ClN. The summed E-state index contributed by atoms with van der Waals surface area (Å²) in [5.41, 5.74) is 1.94. The van der Waals surface area contributed by atoms with Gasteiger partial charge in [-0.25, -0.2) is 0 Å². The van der Waals surface area contributed by atoms with Gasteiger partial charge in [0.25, 0.3) is 0 Å². The number of fused-ring (bicyclic) bond motifs is 1. The molecule has 2 aromatic rings. The van der Waals surface area contributed by atoms with Gasteiger partial charge in [-0.2, -0.15) is 0 Å². The highest BCUT2D eigenvalue weighted by atomic mass is 35.5. The second-order valence-corrected chi connectivity index (χ2v) is 2.79. The van der Waals surface area contributed by atoms with Gasteiger partial charge < -0.3 is 0 Å². The van der Waals surface area contributed by atoms with E-state index in [4.69, 9.17) is 11.6 Å². The lowest BCUT2D eigenvalue weighted by molar-refractivity contribution is 1.37. The highest BCUT2D eigenvalue weighted by Gasteiger charge is 1.94. The Bertz CT molecular complexity index is 398. The van der Waals surface area contributed by atoms with E-state index in [0.29, 0.717) is 0 Å². The zero-order valence-corrected chi connectivity index (χ0v) is 7.12. The molecule has 1 aromatic carbocycles. The Balaban J connectivity index is 2.67. The molecule has 59 valence electrons. The van der Waals surface area contributed by atoms with E-state index in [1.54, 1.807) is 6.20 Å². The standard InChI is InChI=1S/C10H7ClN/c11-6-8-5-9-3-1-2-4-10(9)12-7-8/h1-7H. The third-order valence-corrected chi connectivity index (χ3v) is 1.99. The van der Waals surface area contributed by atoms with Crippen LogP contribution in [0.5, 0.6) is 0 Å². The van der Waals surface area contributed by atoms with Gasteiger partial charge in [0.1, 0.15) is 0 Å². The summed E-state index contributed by atoms with van der Waals surface area (Å²) in [6, 6.07) is 9.97. The number of rotatable bonds is 1. The summed E-state index contributed by atoms with van der Waals surface area (Å²) in [5, 5.41) is 1.12. The van der Waals surface area contributed by atoms with E-state index in [1.807, 2.05) is 30.3 Å². The lowest BCUT2D eigenvalue weighted by Crippen LogP contribution is -1.81. The fraction of sp³-hybridized carbons (Fsp3) is 0. The average molecular weight is 177 g/mol. The molecular weight excluding hydrogens is 170 g/mol. The van der Waals surface area contributed by atoms with Crippen LogP contribution in [0.4, 0.5) is 0 Å². The van der Waals surface area contributed by atoms with Crippen LogP contribution in [0.2, 0.25) is 0 Å². The maximum Gasteiger partial charge on any atom is 0.0805 e. The second-order valence-electron chi connectivity index (χ2n) is 2.57. The first-order chi connectivity index (χ1) is 5.90. The van der Waals surface area contributed by atoms with Crippen molar-refractivity contribution in [3.63, 3.8) is 0 Å². The lowest BCUT2D eigenvalue weighted by Gasteiger charge is -1.97. The van der Waals surface area contributed by atoms with E-state index in [1.165, 1.54) is 5.88 Å². The van der Waals surface area contributed by atoms with Gasteiger partial charge in [0.05, 0.1) is 11.4 Å². The predicted octanol–water partition coefficient (Wildman–Crippen LogP) is 2.98.